The Hall–Kier alpha value is -2.22. The lowest BCUT2D eigenvalue weighted by atomic mass is 9.69. The molecule has 172 valence electrons. The van der Waals surface area contributed by atoms with Crippen LogP contribution < -0.4 is 15.1 Å². The lowest BCUT2D eigenvalue weighted by Crippen LogP contribution is -2.53. The average Bonchev–Trinajstić information content (AvgIpc) is 3.24. The van der Waals surface area contributed by atoms with E-state index >= 15 is 0 Å². The van der Waals surface area contributed by atoms with E-state index in [1.807, 2.05) is 12.4 Å². The van der Waals surface area contributed by atoms with Gasteiger partial charge in [-0.05, 0) is 58.2 Å². The highest BCUT2D eigenvalue weighted by Gasteiger charge is 2.47. The first-order chi connectivity index (χ1) is 15.5. The van der Waals surface area contributed by atoms with Crippen molar-refractivity contribution in [3.05, 3.63) is 48.3 Å². The molecule has 0 atom stereocenters. The molecule has 7 nitrogen and oxygen atoms in total. The summed E-state index contributed by atoms with van der Waals surface area (Å²) in [6.45, 7) is 3.50. The molecule has 0 radical (unpaired) electrons. The van der Waals surface area contributed by atoms with Gasteiger partial charge in [0.1, 0.15) is 0 Å². The summed E-state index contributed by atoms with van der Waals surface area (Å²) in [5, 5.41) is 13.6. The summed E-state index contributed by atoms with van der Waals surface area (Å²) >= 11 is 0. The van der Waals surface area contributed by atoms with Crippen LogP contribution in [0.5, 0.6) is 0 Å². The maximum Gasteiger partial charge on any atom is 0.225 e. The van der Waals surface area contributed by atoms with Crippen molar-refractivity contribution in [2.24, 2.45) is 0 Å². The van der Waals surface area contributed by atoms with E-state index in [1.165, 1.54) is 5.56 Å². The van der Waals surface area contributed by atoms with Crippen LogP contribution in [0.25, 0.3) is 0 Å². The first-order valence-corrected chi connectivity index (χ1v) is 12.0. The molecule has 1 spiro atoms. The van der Waals surface area contributed by atoms with Crippen molar-refractivity contribution in [1.82, 2.24) is 20.2 Å². The number of aliphatic hydroxyl groups excluding tert-OH is 1. The fourth-order valence-corrected chi connectivity index (χ4v) is 5.85. The third-order valence-electron chi connectivity index (χ3n) is 8.08. The predicted octanol–water partition coefficient (Wildman–Crippen LogP) is 2.57. The Kier molecular flexibility index (Phi) is 5.82. The van der Waals surface area contributed by atoms with E-state index in [9.17, 15) is 5.11 Å². The van der Waals surface area contributed by atoms with Gasteiger partial charge in [0.25, 0.3) is 0 Å². The Morgan fingerprint density at radius 1 is 0.969 bits per heavy atom. The largest absolute Gasteiger partial charge is 0.393 e. The van der Waals surface area contributed by atoms with Gasteiger partial charge in [-0.1, -0.05) is 30.3 Å². The molecular formula is C25H36N6O. The first kappa shape index (κ1) is 21.6. The molecule has 32 heavy (non-hydrogen) atoms. The number of nitrogens with zero attached hydrogens (tertiary/aromatic N) is 5. The molecule has 2 aliphatic heterocycles. The highest BCUT2D eigenvalue weighted by Crippen LogP contribution is 2.46. The number of hydrogen-bond donors (Lipinski definition) is 2. The maximum absolute atomic E-state index is 9.73. The molecule has 1 aliphatic carbocycles. The summed E-state index contributed by atoms with van der Waals surface area (Å²) < 4.78 is 0. The van der Waals surface area contributed by atoms with Crippen molar-refractivity contribution < 1.29 is 5.11 Å². The van der Waals surface area contributed by atoms with Gasteiger partial charge < -0.3 is 14.9 Å². The first-order valence-electron chi connectivity index (χ1n) is 12.0. The minimum atomic E-state index is -0.180. The lowest BCUT2D eigenvalue weighted by molar-refractivity contribution is 0.0646. The fourth-order valence-electron chi connectivity index (χ4n) is 5.85. The fraction of sp³-hybridized carbons (Fsp3) is 0.600. The van der Waals surface area contributed by atoms with E-state index in [4.69, 9.17) is 0 Å². The number of aromatic nitrogens is 2. The van der Waals surface area contributed by atoms with Gasteiger partial charge in [-0.2, -0.15) is 0 Å². The standard InChI is InChI=1S/C25H36N6O/c1-29(2)25(20-6-4-3-5-7-20)12-10-24(11-13-25)18-31(19-28-24)21-16-26-23(27-17-21)30-14-8-22(32)9-15-30/h3-7,16-17,22,28,32H,8-15,18-19H2,1-2H3. The van der Waals surface area contributed by atoms with Crippen molar-refractivity contribution in [2.75, 3.05) is 50.2 Å². The number of nitrogens with one attached hydrogen (secondary N) is 1. The molecule has 1 aromatic heterocycles. The van der Waals surface area contributed by atoms with Crippen LogP contribution in [0.1, 0.15) is 44.1 Å². The van der Waals surface area contributed by atoms with Crippen LogP contribution in [0.3, 0.4) is 0 Å². The molecule has 5 rings (SSSR count). The van der Waals surface area contributed by atoms with Crippen molar-refractivity contribution in [3.8, 4) is 0 Å². The van der Waals surface area contributed by atoms with Crippen molar-refractivity contribution in [1.29, 1.82) is 0 Å². The summed E-state index contributed by atoms with van der Waals surface area (Å²) in [5.74, 6) is 0.777. The van der Waals surface area contributed by atoms with Crippen molar-refractivity contribution >= 4 is 11.6 Å². The van der Waals surface area contributed by atoms with Gasteiger partial charge in [0.05, 0.1) is 30.9 Å². The van der Waals surface area contributed by atoms with Gasteiger partial charge in [-0.25, -0.2) is 9.97 Å². The smallest absolute Gasteiger partial charge is 0.225 e. The van der Waals surface area contributed by atoms with Crippen LogP contribution in [0, 0.1) is 0 Å². The predicted molar refractivity (Wildman–Crippen MR) is 128 cm³/mol. The quantitative estimate of drug-likeness (QED) is 0.764. The van der Waals surface area contributed by atoms with E-state index in [1.54, 1.807) is 0 Å². The number of hydrogen-bond acceptors (Lipinski definition) is 7. The van der Waals surface area contributed by atoms with Gasteiger partial charge in [-0.3, -0.25) is 10.2 Å². The third kappa shape index (κ3) is 3.98. The topological polar surface area (TPSA) is 67.8 Å². The van der Waals surface area contributed by atoms with Gasteiger partial charge in [0, 0.05) is 30.7 Å². The molecule has 0 bridgehead atoms. The Morgan fingerprint density at radius 2 is 1.62 bits per heavy atom. The molecule has 1 aromatic carbocycles. The molecule has 1 saturated carbocycles. The SMILES string of the molecule is CN(C)C1(c2ccccc2)CCC2(CC1)CN(c1cnc(N3CCC(O)CC3)nc1)CN2. The van der Waals surface area contributed by atoms with Gasteiger partial charge in [0.2, 0.25) is 5.95 Å². The second-order valence-corrected chi connectivity index (χ2v) is 10.1. The molecular weight excluding hydrogens is 400 g/mol. The van der Waals surface area contributed by atoms with Crippen LogP contribution in [0.15, 0.2) is 42.7 Å². The molecule has 3 aliphatic rings. The number of anilines is 2. The summed E-state index contributed by atoms with van der Waals surface area (Å²) in [7, 11) is 4.45. The molecule has 0 amide bonds. The van der Waals surface area contributed by atoms with Crippen LogP contribution in [-0.2, 0) is 5.54 Å². The summed E-state index contributed by atoms with van der Waals surface area (Å²) in [6.07, 6.45) is 9.96. The Bertz CT molecular complexity index is 886. The zero-order valence-electron chi connectivity index (χ0n) is 19.4. The summed E-state index contributed by atoms with van der Waals surface area (Å²) in [6, 6.07) is 11.0. The van der Waals surface area contributed by atoms with Gasteiger partial charge in [0.15, 0.2) is 0 Å². The molecule has 3 heterocycles. The van der Waals surface area contributed by atoms with E-state index in [2.05, 4.69) is 74.4 Å². The normalized spacial score (nSPS) is 29.2. The average molecular weight is 437 g/mol. The molecule has 7 heteroatoms. The minimum absolute atomic E-state index is 0.119. The highest BCUT2D eigenvalue weighted by atomic mass is 16.3. The number of piperidine rings is 1. The Balaban J connectivity index is 1.24. The van der Waals surface area contributed by atoms with Crippen molar-refractivity contribution in [2.45, 2.75) is 55.7 Å². The van der Waals surface area contributed by atoms with Crippen LogP contribution in [0.4, 0.5) is 11.6 Å². The van der Waals surface area contributed by atoms with Crippen LogP contribution in [-0.4, -0.2) is 72.0 Å². The number of aliphatic hydroxyl groups is 1. The third-order valence-corrected chi connectivity index (χ3v) is 8.08. The number of rotatable bonds is 4. The Labute approximate surface area is 191 Å². The number of benzene rings is 1. The molecule has 2 N–H and O–H groups in total. The minimum Gasteiger partial charge on any atom is -0.393 e. The summed E-state index contributed by atoms with van der Waals surface area (Å²) in [5.41, 5.74) is 2.80. The molecule has 2 aromatic rings. The van der Waals surface area contributed by atoms with Gasteiger partial charge in [-0.15, -0.1) is 0 Å². The van der Waals surface area contributed by atoms with Crippen molar-refractivity contribution in [3.63, 3.8) is 0 Å². The zero-order valence-corrected chi connectivity index (χ0v) is 19.4. The van der Waals surface area contributed by atoms with Gasteiger partial charge >= 0.3 is 0 Å². The van der Waals surface area contributed by atoms with E-state index in [0.29, 0.717) is 0 Å². The molecule has 3 fully saturated rings. The maximum atomic E-state index is 9.73. The molecule has 0 unspecified atom stereocenters. The summed E-state index contributed by atoms with van der Waals surface area (Å²) in [4.78, 5) is 16.3. The van der Waals surface area contributed by atoms with Crippen LogP contribution in [0.2, 0.25) is 0 Å². The Morgan fingerprint density at radius 3 is 2.25 bits per heavy atom. The monoisotopic (exact) mass is 436 g/mol. The zero-order chi connectivity index (χ0) is 22.2. The second kappa shape index (κ2) is 8.61. The van der Waals surface area contributed by atoms with E-state index in [-0.39, 0.29) is 17.2 Å². The van der Waals surface area contributed by atoms with E-state index < -0.39 is 0 Å². The lowest BCUT2D eigenvalue weighted by Gasteiger charge is -2.49. The molecule has 2 saturated heterocycles. The highest BCUT2D eigenvalue weighted by molar-refractivity contribution is 5.47. The second-order valence-electron chi connectivity index (χ2n) is 10.1. The van der Waals surface area contributed by atoms with Crippen LogP contribution >= 0.6 is 0 Å². The van der Waals surface area contributed by atoms with E-state index in [0.717, 1.165) is 76.5 Å².